The van der Waals surface area contributed by atoms with Gasteiger partial charge in [0.15, 0.2) is 6.73 Å². The first-order valence-electron chi connectivity index (χ1n) is 9.06. The second-order valence-corrected chi connectivity index (χ2v) is 6.78. The molecule has 2 aromatic carbocycles. The molecular formula is C21H18N2O6. The molecule has 1 atom stereocenters. The first-order valence-corrected chi connectivity index (χ1v) is 9.06. The zero-order chi connectivity index (χ0) is 20.5. The summed E-state index contributed by atoms with van der Waals surface area (Å²) < 4.78 is 10.4. The molecule has 4 rings (SSSR count). The molecule has 1 saturated heterocycles. The molecule has 8 heteroatoms. The first kappa shape index (κ1) is 18.7. The molecule has 2 aromatic rings. The third kappa shape index (κ3) is 3.33. The zero-order valence-electron chi connectivity index (χ0n) is 15.7. The topological polar surface area (TPSA) is 93.2 Å². The molecule has 2 aliphatic heterocycles. The van der Waals surface area contributed by atoms with Gasteiger partial charge >= 0.3 is 5.97 Å². The van der Waals surface area contributed by atoms with Crippen LogP contribution in [-0.4, -0.2) is 49.0 Å². The number of amides is 3. The predicted molar refractivity (Wildman–Crippen MR) is 101 cm³/mol. The van der Waals surface area contributed by atoms with Crippen molar-refractivity contribution in [3.63, 3.8) is 0 Å². The van der Waals surface area contributed by atoms with Crippen molar-refractivity contribution in [1.82, 2.24) is 4.90 Å². The average molecular weight is 394 g/mol. The Labute approximate surface area is 166 Å². The summed E-state index contributed by atoms with van der Waals surface area (Å²) in [7, 11) is 1.53. The highest BCUT2D eigenvalue weighted by atomic mass is 16.5. The number of carbonyl (C=O) groups is 4. The Balaban J connectivity index is 1.39. The van der Waals surface area contributed by atoms with Crippen LogP contribution in [-0.2, 0) is 14.3 Å². The zero-order valence-corrected chi connectivity index (χ0v) is 15.7. The standard InChI is InChI=1S/C21H18N2O6/c1-28-15-6-4-5-14(10-15)22-11-13(9-18(22)24)21(27)29-12-23-19(25)16-7-2-3-8-17(16)20(23)26/h2-8,10,13H,9,11-12H2,1H3/t13-/m0/s1. The van der Waals surface area contributed by atoms with E-state index in [2.05, 4.69) is 0 Å². The first-order chi connectivity index (χ1) is 14.0. The van der Waals surface area contributed by atoms with E-state index in [-0.39, 0.29) is 30.0 Å². The number of rotatable bonds is 5. The molecule has 1 fully saturated rings. The number of anilines is 1. The van der Waals surface area contributed by atoms with Gasteiger partial charge in [-0.1, -0.05) is 18.2 Å². The molecule has 2 aliphatic rings. The smallest absolute Gasteiger partial charge is 0.313 e. The minimum absolute atomic E-state index is 0.00182. The molecule has 0 bridgehead atoms. The van der Waals surface area contributed by atoms with E-state index in [0.29, 0.717) is 11.4 Å². The van der Waals surface area contributed by atoms with Crippen molar-refractivity contribution < 1.29 is 28.7 Å². The van der Waals surface area contributed by atoms with Crippen molar-refractivity contribution in [2.75, 3.05) is 25.3 Å². The number of methoxy groups -OCH3 is 1. The molecule has 0 saturated carbocycles. The van der Waals surface area contributed by atoms with Crippen LogP contribution in [0.4, 0.5) is 5.69 Å². The number of fused-ring (bicyclic) bond motifs is 1. The van der Waals surface area contributed by atoms with Crippen LogP contribution in [0.3, 0.4) is 0 Å². The Hall–Kier alpha value is -3.68. The highest BCUT2D eigenvalue weighted by Crippen LogP contribution is 2.29. The normalized spacial score (nSPS) is 18.2. The lowest BCUT2D eigenvalue weighted by Crippen LogP contribution is -2.35. The molecule has 0 spiro atoms. The number of carbonyl (C=O) groups excluding carboxylic acids is 4. The van der Waals surface area contributed by atoms with Gasteiger partial charge < -0.3 is 14.4 Å². The van der Waals surface area contributed by atoms with Crippen LogP contribution < -0.4 is 9.64 Å². The lowest BCUT2D eigenvalue weighted by atomic mass is 10.1. The summed E-state index contributed by atoms with van der Waals surface area (Å²) in [5.41, 5.74) is 1.20. The monoisotopic (exact) mass is 394 g/mol. The number of imide groups is 1. The Morgan fingerprint density at radius 2 is 1.72 bits per heavy atom. The number of hydrogen-bond acceptors (Lipinski definition) is 6. The van der Waals surface area contributed by atoms with Gasteiger partial charge in [0.2, 0.25) is 5.91 Å². The fourth-order valence-corrected chi connectivity index (χ4v) is 3.50. The Kier molecular flexibility index (Phi) is 4.75. The van der Waals surface area contributed by atoms with E-state index < -0.39 is 30.4 Å². The largest absolute Gasteiger partial charge is 0.497 e. The summed E-state index contributed by atoms with van der Waals surface area (Å²) in [6, 6.07) is 13.4. The fourth-order valence-electron chi connectivity index (χ4n) is 3.50. The second-order valence-electron chi connectivity index (χ2n) is 6.78. The molecule has 0 aliphatic carbocycles. The minimum atomic E-state index is -0.677. The quantitative estimate of drug-likeness (QED) is 0.568. The van der Waals surface area contributed by atoms with Gasteiger partial charge in [-0.2, -0.15) is 0 Å². The highest BCUT2D eigenvalue weighted by molar-refractivity contribution is 6.21. The summed E-state index contributed by atoms with van der Waals surface area (Å²) in [6.45, 7) is -0.317. The van der Waals surface area contributed by atoms with Gasteiger partial charge in [-0.15, -0.1) is 0 Å². The van der Waals surface area contributed by atoms with Crippen molar-refractivity contribution in [3.8, 4) is 5.75 Å². The molecule has 3 amide bonds. The Morgan fingerprint density at radius 1 is 1.03 bits per heavy atom. The summed E-state index contributed by atoms with van der Waals surface area (Å²) in [5.74, 6) is -1.91. The van der Waals surface area contributed by atoms with E-state index in [1.165, 1.54) is 12.0 Å². The molecule has 0 unspecified atom stereocenters. The molecule has 0 radical (unpaired) electrons. The maximum atomic E-state index is 12.5. The molecule has 8 nitrogen and oxygen atoms in total. The summed E-state index contributed by atoms with van der Waals surface area (Å²) in [6.07, 6.45) is -0.00182. The second kappa shape index (κ2) is 7.38. The number of ether oxygens (including phenoxy) is 2. The molecule has 148 valence electrons. The van der Waals surface area contributed by atoms with E-state index in [1.54, 1.807) is 48.5 Å². The molecule has 29 heavy (non-hydrogen) atoms. The third-order valence-corrected chi connectivity index (χ3v) is 5.04. The highest BCUT2D eigenvalue weighted by Gasteiger charge is 2.39. The van der Waals surface area contributed by atoms with Gasteiger partial charge in [-0.25, -0.2) is 4.90 Å². The van der Waals surface area contributed by atoms with Crippen LogP contribution in [0.1, 0.15) is 27.1 Å². The van der Waals surface area contributed by atoms with E-state index >= 15 is 0 Å². The van der Waals surface area contributed by atoms with Crippen LogP contribution in [0.25, 0.3) is 0 Å². The average Bonchev–Trinajstić information content (AvgIpc) is 3.25. The van der Waals surface area contributed by atoms with E-state index in [0.717, 1.165) is 4.90 Å². The molecule has 0 aromatic heterocycles. The number of benzene rings is 2. The van der Waals surface area contributed by atoms with Crippen LogP contribution in [0.5, 0.6) is 5.75 Å². The SMILES string of the molecule is COc1cccc(N2C[C@@H](C(=O)OCN3C(=O)c4ccccc4C3=O)CC2=O)c1. The van der Waals surface area contributed by atoms with E-state index in [9.17, 15) is 19.2 Å². The molecule has 2 heterocycles. The van der Waals surface area contributed by atoms with Crippen LogP contribution in [0.2, 0.25) is 0 Å². The van der Waals surface area contributed by atoms with Gasteiger partial charge in [0.05, 0.1) is 24.2 Å². The number of nitrogens with zero attached hydrogens (tertiary/aromatic N) is 2. The van der Waals surface area contributed by atoms with Gasteiger partial charge in [-0.3, -0.25) is 19.2 Å². The van der Waals surface area contributed by atoms with Crippen molar-refractivity contribution in [2.45, 2.75) is 6.42 Å². The van der Waals surface area contributed by atoms with Crippen molar-refractivity contribution in [1.29, 1.82) is 0 Å². The molecular weight excluding hydrogens is 376 g/mol. The van der Waals surface area contributed by atoms with Gasteiger partial charge in [-0.05, 0) is 24.3 Å². The van der Waals surface area contributed by atoms with Crippen molar-refractivity contribution in [2.24, 2.45) is 5.92 Å². The predicted octanol–water partition coefficient (Wildman–Crippen LogP) is 1.85. The van der Waals surface area contributed by atoms with Crippen LogP contribution >= 0.6 is 0 Å². The van der Waals surface area contributed by atoms with Crippen LogP contribution in [0.15, 0.2) is 48.5 Å². The van der Waals surface area contributed by atoms with Gasteiger partial charge in [0, 0.05) is 24.7 Å². The lowest BCUT2D eigenvalue weighted by molar-refractivity contribution is -0.151. The maximum Gasteiger partial charge on any atom is 0.313 e. The summed E-state index contributed by atoms with van der Waals surface area (Å²) in [4.78, 5) is 51.9. The Morgan fingerprint density at radius 3 is 2.38 bits per heavy atom. The lowest BCUT2D eigenvalue weighted by Gasteiger charge is -2.18. The van der Waals surface area contributed by atoms with E-state index in [1.807, 2.05) is 0 Å². The van der Waals surface area contributed by atoms with E-state index in [4.69, 9.17) is 9.47 Å². The van der Waals surface area contributed by atoms with Gasteiger partial charge in [0.25, 0.3) is 11.8 Å². The van der Waals surface area contributed by atoms with Gasteiger partial charge in [0.1, 0.15) is 5.75 Å². The van der Waals surface area contributed by atoms with Crippen molar-refractivity contribution >= 4 is 29.4 Å². The number of hydrogen-bond donors (Lipinski definition) is 0. The minimum Gasteiger partial charge on any atom is -0.497 e. The third-order valence-electron chi connectivity index (χ3n) is 5.04. The number of esters is 1. The van der Waals surface area contributed by atoms with Crippen molar-refractivity contribution in [3.05, 3.63) is 59.7 Å². The molecule has 0 N–H and O–H groups in total. The fraction of sp³-hybridized carbons (Fsp3) is 0.238. The Bertz CT molecular complexity index is 983. The maximum absolute atomic E-state index is 12.5. The summed E-state index contributed by atoms with van der Waals surface area (Å²) in [5, 5.41) is 0. The summed E-state index contributed by atoms with van der Waals surface area (Å²) >= 11 is 0. The van der Waals surface area contributed by atoms with Crippen LogP contribution in [0, 0.1) is 5.92 Å².